The zero-order valence-corrected chi connectivity index (χ0v) is 15.8. The lowest BCUT2D eigenvalue weighted by Gasteiger charge is -2.59. The third kappa shape index (κ3) is 1.93. The lowest BCUT2D eigenvalue weighted by Crippen LogP contribution is -2.59. The van der Waals surface area contributed by atoms with E-state index in [2.05, 4.69) is 13.8 Å². The second kappa shape index (κ2) is 5.01. The van der Waals surface area contributed by atoms with E-state index in [1.807, 2.05) is 0 Å². The second-order valence-electron chi connectivity index (χ2n) is 10.1. The number of aliphatic hydroxyl groups excluding tert-OH is 1. The van der Waals surface area contributed by atoms with Crippen LogP contribution in [0.2, 0.25) is 0 Å². The molecule has 25 heavy (non-hydrogen) atoms. The molecule has 1 saturated heterocycles. The summed E-state index contributed by atoms with van der Waals surface area (Å²) in [5, 5.41) is 10.3. The van der Waals surface area contributed by atoms with Gasteiger partial charge in [-0.1, -0.05) is 13.8 Å². The smallest absolute Gasteiger partial charge is 0.302 e. The number of hydrogen-bond donors (Lipinski definition) is 1. The fourth-order valence-electron chi connectivity index (χ4n) is 8.05. The number of rotatable bonds is 1. The van der Waals surface area contributed by atoms with E-state index in [0.717, 1.165) is 38.0 Å². The summed E-state index contributed by atoms with van der Waals surface area (Å²) in [5.41, 5.74) is 0.347. The van der Waals surface area contributed by atoms with Crippen molar-refractivity contribution in [3.05, 3.63) is 0 Å². The van der Waals surface area contributed by atoms with E-state index in [-0.39, 0.29) is 40.7 Å². The lowest BCUT2D eigenvalue weighted by atomic mass is 9.45. The first-order valence-corrected chi connectivity index (χ1v) is 10.3. The highest BCUT2D eigenvalue weighted by Crippen LogP contribution is 2.72. The van der Waals surface area contributed by atoms with Gasteiger partial charge < -0.3 is 14.6 Å². The van der Waals surface area contributed by atoms with Crippen molar-refractivity contribution in [1.82, 2.24) is 0 Å². The molecule has 0 aromatic heterocycles. The third-order valence-electron chi connectivity index (χ3n) is 9.34. The Balaban J connectivity index is 1.43. The molecule has 4 saturated carbocycles. The van der Waals surface area contributed by atoms with Gasteiger partial charge in [0.05, 0.1) is 6.10 Å². The molecule has 9 atom stereocenters. The Morgan fingerprint density at radius 2 is 1.84 bits per heavy atom. The maximum Gasteiger partial charge on any atom is 0.302 e. The quantitative estimate of drug-likeness (QED) is 0.582. The van der Waals surface area contributed by atoms with Crippen molar-refractivity contribution >= 4 is 5.97 Å². The van der Waals surface area contributed by atoms with Crippen LogP contribution in [0.4, 0.5) is 0 Å². The molecule has 5 rings (SSSR count). The molecule has 1 heterocycles. The van der Waals surface area contributed by atoms with Crippen LogP contribution >= 0.6 is 0 Å². The summed E-state index contributed by atoms with van der Waals surface area (Å²) in [4.78, 5) is 11.6. The predicted octanol–water partition coefficient (Wildman–Crippen LogP) is 3.45. The standard InChI is InChI=1S/C21H32O4/c1-12(22)24-17-5-4-14-13-6-11-21-18(25-21)16(23)8-10-20(21,3)15(13)7-9-19(14,17)2/h13-18,23H,4-11H2,1-3H3/t13-,14-,15-,16-,17-,18?,19-,20+,21?/m0/s1. The summed E-state index contributed by atoms with van der Waals surface area (Å²) in [5.74, 6) is 1.98. The Morgan fingerprint density at radius 3 is 2.60 bits per heavy atom. The largest absolute Gasteiger partial charge is 0.462 e. The highest BCUT2D eigenvalue weighted by molar-refractivity contribution is 5.66. The average molecular weight is 348 g/mol. The molecule has 0 amide bonds. The van der Waals surface area contributed by atoms with E-state index in [1.54, 1.807) is 6.92 Å². The van der Waals surface area contributed by atoms with Crippen molar-refractivity contribution in [3.63, 3.8) is 0 Å². The maximum atomic E-state index is 11.6. The molecule has 0 bridgehead atoms. The molecular weight excluding hydrogens is 316 g/mol. The van der Waals surface area contributed by atoms with Crippen LogP contribution in [0.25, 0.3) is 0 Å². The minimum atomic E-state index is -0.252. The Bertz CT molecular complexity index is 605. The van der Waals surface area contributed by atoms with Crippen LogP contribution in [0.3, 0.4) is 0 Å². The first-order valence-electron chi connectivity index (χ1n) is 10.3. The molecule has 140 valence electrons. The zero-order chi connectivity index (χ0) is 17.6. The molecule has 4 aliphatic carbocycles. The second-order valence-corrected chi connectivity index (χ2v) is 10.1. The fourth-order valence-corrected chi connectivity index (χ4v) is 8.05. The van der Waals surface area contributed by atoms with Crippen molar-refractivity contribution in [2.75, 3.05) is 0 Å². The molecule has 1 spiro atoms. The number of hydrogen-bond acceptors (Lipinski definition) is 4. The number of carbonyl (C=O) groups is 1. The monoisotopic (exact) mass is 348 g/mol. The fraction of sp³-hybridized carbons (Fsp3) is 0.952. The molecule has 5 fully saturated rings. The van der Waals surface area contributed by atoms with Crippen LogP contribution in [0, 0.1) is 28.6 Å². The summed E-state index contributed by atoms with van der Waals surface area (Å²) in [7, 11) is 0. The SMILES string of the molecule is CC(=O)O[C@H]1CC[C@H]2[C@@H]3CCC45OC4[C@@H](O)CC[C@]5(C)[C@H]3CC[C@]12C. The zero-order valence-electron chi connectivity index (χ0n) is 15.8. The van der Waals surface area contributed by atoms with Gasteiger partial charge in [0.15, 0.2) is 0 Å². The van der Waals surface area contributed by atoms with E-state index in [4.69, 9.17) is 9.47 Å². The Morgan fingerprint density at radius 1 is 1.04 bits per heavy atom. The molecule has 4 heteroatoms. The lowest BCUT2D eigenvalue weighted by molar-refractivity contribution is -0.161. The van der Waals surface area contributed by atoms with Crippen LogP contribution in [-0.4, -0.2) is 35.0 Å². The molecule has 0 radical (unpaired) electrons. The van der Waals surface area contributed by atoms with Crippen LogP contribution in [0.15, 0.2) is 0 Å². The van der Waals surface area contributed by atoms with Crippen molar-refractivity contribution in [3.8, 4) is 0 Å². The first-order chi connectivity index (χ1) is 11.8. The average Bonchev–Trinajstić information content (AvgIpc) is 3.22. The number of carbonyl (C=O) groups excluding carboxylic acids is 1. The molecule has 0 aromatic rings. The minimum absolute atomic E-state index is 0.0343. The minimum Gasteiger partial charge on any atom is -0.462 e. The van der Waals surface area contributed by atoms with Gasteiger partial charge in [-0.3, -0.25) is 4.79 Å². The molecule has 2 unspecified atom stereocenters. The van der Waals surface area contributed by atoms with Crippen LogP contribution in [0.5, 0.6) is 0 Å². The van der Waals surface area contributed by atoms with Gasteiger partial charge in [0.1, 0.15) is 17.8 Å². The summed E-state index contributed by atoms with van der Waals surface area (Å²) >= 11 is 0. The normalized spacial score (nSPS) is 59.2. The number of fused-ring (bicyclic) bond motifs is 4. The van der Waals surface area contributed by atoms with Gasteiger partial charge in [0.25, 0.3) is 0 Å². The number of epoxide rings is 1. The van der Waals surface area contributed by atoms with Crippen LogP contribution in [0.1, 0.15) is 72.1 Å². The number of esters is 1. The van der Waals surface area contributed by atoms with Crippen molar-refractivity contribution < 1.29 is 19.4 Å². The predicted molar refractivity (Wildman–Crippen MR) is 92.8 cm³/mol. The third-order valence-corrected chi connectivity index (χ3v) is 9.34. The topological polar surface area (TPSA) is 59.1 Å². The van der Waals surface area contributed by atoms with E-state index in [9.17, 15) is 9.90 Å². The highest BCUT2D eigenvalue weighted by atomic mass is 16.6. The first kappa shape index (κ1) is 16.6. The number of aliphatic hydroxyl groups is 1. The van der Waals surface area contributed by atoms with Crippen LogP contribution < -0.4 is 0 Å². The molecule has 4 nitrogen and oxygen atoms in total. The summed E-state index contributed by atoms with van der Waals surface area (Å²) in [6.45, 7) is 6.38. The summed E-state index contributed by atoms with van der Waals surface area (Å²) in [6, 6.07) is 0. The highest BCUT2D eigenvalue weighted by Gasteiger charge is 2.76. The van der Waals surface area contributed by atoms with E-state index in [1.165, 1.54) is 19.3 Å². The van der Waals surface area contributed by atoms with Crippen molar-refractivity contribution in [1.29, 1.82) is 0 Å². The Kier molecular flexibility index (Phi) is 3.32. The number of ether oxygens (including phenoxy) is 2. The van der Waals surface area contributed by atoms with Gasteiger partial charge in [-0.25, -0.2) is 0 Å². The van der Waals surface area contributed by atoms with E-state index in [0.29, 0.717) is 11.8 Å². The van der Waals surface area contributed by atoms with Gasteiger partial charge in [-0.2, -0.15) is 0 Å². The van der Waals surface area contributed by atoms with Gasteiger partial charge in [-0.15, -0.1) is 0 Å². The Hall–Kier alpha value is -0.610. The van der Waals surface area contributed by atoms with E-state index >= 15 is 0 Å². The van der Waals surface area contributed by atoms with Gasteiger partial charge in [0.2, 0.25) is 0 Å². The van der Waals surface area contributed by atoms with Crippen LogP contribution in [-0.2, 0) is 14.3 Å². The van der Waals surface area contributed by atoms with Gasteiger partial charge in [0, 0.05) is 17.8 Å². The van der Waals surface area contributed by atoms with Crippen molar-refractivity contribution in [2.24, 2.45) is 28.6 Å². The molecule has 1 aliphatic heterocycles. The molecule has 1 N–H and O–H groups in total. The Labute approximate surface area is 150 Å². The maximum absolute atomic E-state index is 11.6. The van der Waals surface area contributed by atoms with Gasteiger partial charge in [-0.05, 0) is 69.1 Å². The molecular formula is C21H32O4. The molecule has 5 aliphatic rings. The van der Waals surface area contributed by atoms with Gasteiger partial charge >= 0.3 is 5.97 Å². The summed E-state index contributed by atoms with van der Waals surface area (Å²) < 4.78 is 12.0. The molecule has 0 aromatic carbocycles. The summed E-state index contributed by atoms with van der Waals surface area (Å²) in [6.07, 6.45) is 8.89. The van der Waals surface area contributed by atoms with E-state index < -0.39 is 0 Å². The van der Waals surface area contributed by atoms with Crippen molar-refractivity contribution in [2.45, 2.75) is 96.1 Å².